The quantitative estimate of drug-likeness (QED) is 0.230. The highest BCUT2D eigenvalue weighted by Gasteiger charge is 2.38. The van der Waals surface area contributed by atoms with Gasteiger partial charge in [-0.25, -0.2) is 9.78 Å². The molecule has 212 valence electrons. The molecular formula is C32H38N2O6. The minimum Gasteiger partial charge on any atom is -0.481 e. The first-order valence-electron chi connectivity index (χ1n) is 13.5. The third-order valence-electron chi connectivity index (χ3n) is 7.94. The topological polar surface area (TPSA) is 109 Å². The average molecular weight is 547 g/mol. The number of aliphatic hydroxyl groups is 1. The fourth-order valence-corrected chi connectivity index (χ4v) is 4.94. The maximum atomic E-state index is 13.3. The van der Waals surface area contributed by atoms with Crippen molar-refractivity contribution in [1.29, 1.82) is 0 Å². The number of benzene rings is 2. The Morgan fingerprint density at radius 2 is 1.88 bits per heavy atom. The van der Waals surface area contributed by atoms with Crippen LogP contribution in [0.1, 0.15) is 61.0 Å². The highest BCUT2D eigenvalue weighted by Crippen LogP contribution is 2.47. The molecule has 1 aromatic heterocycles. The molecule has 2 aromatic carbocycles. The van der Waals surface area contributed by atoms with Crippen LogP contribution in [-0.4, -0.2) is 58.3 Å². The van der Waals surface area contributed by atoms with E-state index in [4.69, 9.17) is 9.47 Å². The number of pyridine rings is 1. The third-order valence-corrected chi connectivity index (χ3v) is 7.94. The summed E-state index contributed by atoms with van der Waals surface area (Å²) in [5.41, 5.74) is 3.47. The van der Waals surface area contributed by atoms with E-state index in [9.17, 15) is 19.8 Å². The highest BCUT2D eigenvalue weighted by atomic mass is 16.5. The van der Waals surface area contributed by atoms with Crippen molar-refractivity contribution in [2.24, 2.45) is 11.8 Å². The van der Waals surface area contributed by atoms with Crippen molar-refractivity contribution in [3.05, 3.63) is 77.5 Å². The predicted molar refractivity (Wildman–Crippen MR) is 153 cm³/mol. The Labute approximate surface area is 235 Å². The molecule has 8 nitrogen and oxygen atoms in total. The van der Waals surface area contributed by atoms with Crippen LogP contribution >= 0.6 is 0 Å². The summed E-state index contributed by atoms with van der Waals surface area (Å²) < 4.78 is 11.1. The Balaban J connectivity index is 1.64. The van der Waals surface area contributed by atoms with E-state index in [1.54, 1.807) is 44.5 Å². The van der Waals surface area contributed by atoms with E-state index in [2.05, 4.69) is 4.98 Å². The van der Waals surface area contributed by atoms with E-state index in [1.807, 2.05) is 56.1 Å². The first-order chi connectivity index (χ1) is 19.0. The van der Waals surface area contributed by atoms with Crippen molar-refractivity contribution in [3.63, 3.8) is 0 Å². The molecule has 8 heteroatoms. The van der Waals surface area contributed by atoms with Crippen LogP contribution in [-0.2, 0) is 11.3 Å². The van der Waals surface area contributed by atoms with Crippen molar-refractivity contribution in [2.45, 2.75) is 51.6 Å². The van der Waals surface area contributed by atoms with Crippen molar-refractivity contribution < 1.29 is 29.3 Å². The molecule has 0 aliphatic heterocycles. The van der Waals surface area contributed by atoms with E-state index in [0.717, 1.165) is 35.1 Å². The lowest BCUT2D eigenvalue weighted by Gasteiger charge is -2.34. The first-order valence-corrected chi connectivity index (χ1v) is 13.5. The lowest BCUT2D eigenvalue weighted by molar-refractivity contribution is -0.142. The lowest BCUT2D eigenvalue weighted by Crippen LogP contribution is -2.43. The van der Waals surface area contributed by atoms with Gasteiger partial charge in [-0.15, -0.1) is 0 Å². The van der Waals surface area contributed by atoms with Crippen LogP contribution < -0.4 is 9.47 Å². The number of esters is 1. The van der Waals surface area contributed by atoms with E-state index >= 15 is 0 Å². The highest BCUT2D eigenvalue weighted by molar-refractivity contribution is 5.92. The number of hydrogen-bond acceptors (Lipinski definition) is 7. The molecule has 0 spiro atoms. The number of carbonyl (C=O) groups excluding carboxylic acids is 1. The monoisotopic (exact) mass is 546 g/mol. The number of ether oxygens (including phenoxy) is 2. The van der Waals surface area contributed by atoms with E-state index < -0.39 is 23.4 Å². The third kappa shape index (κ3) is 6.69. The Hall–Kier alpha value is -3.75. The molecule has 0 radical (unpaired) electrons. The van der Waals surface area contributed by atoms with Gasteiger partial charge >= 0.3 is 11.9 Å². The molecular weight excluding hydrogens is 508 g/mol. The number of carboxylic acids is 1. The van der Waals surface area contributed by atoms with E-state index in [-0.39, 0.29) is 12.5 Å². The summed E-state index contributed by atoms with van der Waals surface area (Å²) in [4.78, 5) is 31.3. The van der Waals surface area contributed by atoms with Crippen molar-refractivity contribution >= 4 is 11.9 Å². The molecule has 1 fully saturated rings. The minimum absolute atomic E-state index is 0.0255. The average Bonchev–Trinajstić information content (AvgIpc) is 3.78. The van der Waals surface area contributed by atoms with Gasteiger partial charge in [0, 0.05) is 24.3 Å². The van der Waals surface area contributed by atoms with Gasteiger partial charge in [-0.05, 0) is 98.2 Å². The number of methoxy groups -OCH3 is 1. The molecule has 3 aromatic rings. The molecule has 40 heavy (non-hydrogen) atoms. The molecule has 2 N–H and O–H groups in total. The zero-order chi connectivity index (χ0) is 29.0. The Kier molecular flexibility index (Phi) is 8.91. The number of aliphatic carboxylic acids is 1. The van der Waals surface area contributed by atoms with Gasteiger partial charge in [0.05, 0.1) is 25.2 Å². The molecule has 1 saturated carbocycles. The smallest absolute Gasteiger partial charge is 0.343 e. The van der Waals surface area contributed by atoms with E-state index in [1.165, 1.54) is 0 Å². The molecule has 0 saturated heterocycles. The largest absolute Gasteiger partial charge is 0.481 e. The van der Waals surface area contributed by atoms with Crippen molar-refractivity contribution in [1.82, 2.24) is 9.88 Å². The SMILES string of the molecule is COc1cc(-c2ccc(C(=O)Oc3cccc([C@H](C4CC4)[C@H](C)C(=O)O)c3)cc2CN(C)C(C)(C)CO)ccn1. The number of aromatic nitrogens is 1. The van der Waals surface area contributed by atoms with Crippen molar-refractivity contribution in [2.75, 3.05) is 20.8 Å². The number of hydrogen-bond donors (Lipinski definition) is 2. The van der Waals surface area contributed by atoms with Gasteiger partial charge in [0.2, 0.25) is 5.88 Å². The van der Waals surface area contributed by atoms with Crippen LogP contribution in [0, 0.1) is 11.8 Å². The number of nitrogens with zero attached hydrogens (tertiary/aromatic N) is 2. The van der Waals surface area contributed by atoms with Gasteiger partial charge in [-0.3, -0.25) is 9.69 Å². The van der Waals surface area contributed by atoms with E-state index in [0.29, 0.717) is 29.7 Å². The molecule has 1 heterocycles. The van der Waals surface area contributed by atoms with Crippen LogP contribution in [0.4, 0.5) is 0 Å². The van der Waals surface area contributed by atoms with Crippen LogP contribution in [0.3, 0.4) is 0 Å². The summed E-state index contributed by atoms with van der Waals surface area (Å²) in [6.45, 7) is 6.09. The summed E-state index contributed by atoms with van der Waals surface area (Å²) >= 11 is 0. The van der Waals surface area contributed by atoms with Crippen LogP contribution in [0.2, 0.25) is 0 Å². The second kappa shape index (κ2) is 12.2. The maximum absolute atomic E-state index is 13.3. The molecule has 0 unspecified atom stereocenters. The molecule has 0 amide bonds. The number of carbonyl (C=O) groups is 2. The molecule has 1 aliphatic carbocycles. The summed E-state index contributed by atoms with van der Waals surface area (Å²) in [5.74, 6) is -0.778. The Morgan fingerprint density at radius 3 is 2.52 bits per heavy atom. The minimum atomic E-state index is -0.826. The molecule has 0 bridgehead atoms. The Morgan fingerprint density at radius 1 is 1.12 bits per heavy atom. The summed E-state index contributed by atoms with van der Waals surface area (Å²) in [6, 6.07) is 16.4. The second-order valence-electron chi connectivity index (χ2n) is 11.2. The second-order valence-corrected chi connectivity index (χ2v) is 11.2. The molecule has 1 aliphatic rings. The maximum Gasteiger partial charge on any atom is 0.343 e. The number of carboxylic acid groups (broad SMARTS) is 1. The van der Waals surface area contributed by atoms with Gasteiger partial charge < -0.3 is 19.7 Å². The summed E-state index contributed by atoms with van der Waals surface area (Å²) in [5, 5.41) is 19.5. The molecule has 2 atom stereocenters. The fourth-order valence-electron chi connectivity index (χ4n) is 4.94. The van der Waals surface area contributed by atoms with Gasteiger partial charge in [0.1, 0.15) is 5.75 Å². The number of likely N-dealkylation sites (N-methyl/N-ethyl adjacent to an activating group) is 1. The van der Waals surface area contributed by atoms with Gasteiger partial charge in [-0.1, -0.05) is 25.1 Å². The van der Waals surface area contributed by atoms with Crippen LogP contribution in [0.25, 0.3) is 11.1 Å². The predicted octanol–water partition coefficient (Wildman–Crippen LogP) is 5.39. The van der Waals surface area contributed by atoms with Crippen LogP contribution in [0.15, 0.2) is 60.8 Å². The molecule has 4 rings (SSSR count). The standard InChI is InChI=1S/C32H38N2O6/c1-20(30(36)37)29(21-9-10-21)23-7-6-8-26(16-23)40-31(38)24-11-12-27(22-13-14-33-28(17-22)39-5)25(15-24)18-34(4)32(2,3)19-35/h6-8,11-17,20-21,29,35H,9-10,18-19H2,1-5H3,(H,36,37)/t20-,29-/m0/s1. The first kappa shape index (κ1) is 29.2. The number of rotatable bonds is 12. The summed E-state index contributed by atoms with van der Waals surface area (Å²) in [7, 11) is 3.49. The zero-order valence-electron chi connectivity index (χ0n) is 23.8. The zero-order valence-corrected chi connectivity index (χ0v) is 23.8. The normalized spacial score (nSPS) is 15.0. The lowest BCUT2D eigenvalue weighted by atomic mass is 9.83. The van der Waals surface area contributed by atoms with Crippen LogP contribution in [0.5, 0.6) is 11.6 Å². The number of aliphatic hydroxyl groups excluding tert-OH is 1. The van der Waals surface area contributed by atoms with Crippen molar-refractivity contribution in [3.8, 4) is 22.8 Å². The summed E-state index contributed by atoms with van der Waals surface area (Å²) in [6.07, 6.45) is 3.69. The van der Waals surface area contributed by atoms with Gasteiger partial charge in [-0.2, -0.15) is 0 Å². The van der Waals surface area contributed by atoms with Gasteiger partial charge in [0.25, 0.3) is 0 Å². The fraction of sp³-hybridized carbons (Fsp3) is 0.406. The Bertz CT molecular complexity index is 1370. The van der Waals surface area contributed by atoms with Gasteiger partial charge in [0.15, 0.2) is 0 Å².